The standard InChI is InChI=1S/C5H5ClO3/c1-9-5(8)3-2-4(6)7/h2-3H,1H3. The van der Waals surface area contributed by atoms with E-state index in [4.69, 9.17) is 11.6 Å². The van der Waals surface area contributed by atoms with E-state index in [1.807, 2.05) is 0 Å². The summed E-state index contributed by atoms with van der Waals surface area (Å²) in [6.07, 6.45) is 1.88. The molecule has 0 radical (unpaired) electrons. The van der Waals surface area contributed by atoms with Crippen molar-refractivity contribution in [3.63, 3.8) is 0 Å². The quantitative estimate of drug-likeness (QED) is 0.325. The molecule has 0 atom stereocenters. The van der Waals surface area contributed by atoms with Crippen molar-refractivity contribution < 1.29 is 14.3 Å². The van der Waals surface area contributed by atoms with Crippen LogP contribution in [-0.4, -0.2) is 18.3 Å². The van der Waals surface area contributed by atoms with Gasteiger partial charge in [0.2, 0.25) is 5.24 Å². The summed E-state index contributed by atoms with van der Waals surface area (Å²) in [5.41, 5.74) is 0. The maximum absolute atomic E-state index is 10.2. The highest BCUT2D eigenvalue weighted by molar-refractivity contribution is 6.66. The summed E-state index contributed by atoms with van der Waals surface area (Å²) < 4.78 is 4.16. The highest BCUT2D eigenvalue weighted by Gasteiger charge is 1.91. The maximum atomic E-state index is 10.2. The van der Waals surface area contributed by atoms with E-state index in [2.05, 4.69) is 4.74 Å². The monoisotopic (exact) mass is 148 g/mol. The van der Waals surface area contributed by atoms with Crippen LogP contribution < -0.4 is 0 Å². The molecular weight excluding hydrogens is 144 g/mol. The molecule has 0 bridgehead atoms. The molecule has 0 aromatic rings. The number of ether oxygens (including phenoxy) is 1. The minimum Gasteiger partial charge on any atom is -0.466 e. The smallest absolute Gasteiger partial charge is 0.330 e. The van der Waals surface area contributed by atoms with E-state index < -0.39 is 11.2 Å². The summed E-state index contributed by atoms with van der Waals surface area (Å²) in [4.78, 5) is 20.1. The van der Waals surface area contributed by atoms with Gasteiger partial charge in [-0.3, -0.25) is 4.79 Å². The van der Waals surface area contributed by atoms with E-state index in [1.54, 1.807) is 0 Å². The van der Waals surface area contributed by atoms with Gasteiger partial charge in [-0.05, 0) is 11.6 Å². The molecule has 4 heteroatoms. The Hall–Kier alpha value is -0.830. The van der Waals surface area contributed by atoms with Crippen LogP contribution in [0.1, 0.15) is 0 Å². The molecule has 0 saturated heterocycles. The van der Waals surface area contributed by atoms with Crippen molar-refractivity contribution in [2.24, 2.45) is 0 Å². The second-order valence-electron chi connectivity index (χ2n) is 1.16. The summed E-state index contributed by atoms with van der Waals surface area (Å²) in [5.74, 6) is -0.594. The van der Waals surface area contributed by atoms with Gasteiger partial charge in [-0.2, -0.15) is 0 Å². The molecule has 0 heterocycles. The number of carbonyl (C=O) groups is 2. The summed E-state index contributed by atoms with van der Waals surface area (Å²) in [5, 5.41) is -0.694. The van der Waals surface area contributed by atoms with Gasteiger partial charge in [0.1, 0.15) is 0 Å². The topological polar surface area (TPSA) is 43.4 Å². The van der Waals surface area contributed by atoms with Crippen LogP contribution in [0.25, 0.3) is 0 Å². The lowest BCUT2D eigenvalue weighted by Crippen LogP contribution is -1.94. The SMILES string of the molecule is COC(=O)C=CC(=O)Cl. The second kappa shape index (κ2) is 4.09. The molecule has 3 nitrogen and oxygen atoms in total. The first-order chi connectivity index (χ1) is 4.16. The fourth-order valence-corrected chi connectivity index (χ4v) is 0.265. The van der Waals surface area contributed by atoms with Crippen molar-refractivity contribution in [2.75, 3.05) is 7.11 Å². The Morgan fingerprint density at radius 2 is 2.00 bits per heavy atom. The Bertz CT molecular complexity index is 150. The van der Waals surface area contributed by atoms with Gasteiger partial charge in [-0.25, -0.2) is 4.79 Å². The lowest BCUT2D eigenvalue weighted by atomic mass is 10.5. The van der Waals surface area contributed by atoms with Crippen LogP contribution in [0.3, 0.4) is 0 Å². The lowest BCUT2D eigenvalue weighted by molar-refractivity contribution is -0.135. The van der Waals surface area contributed by atoms with Gasteiger partial charge in [0.25, 0.3) is 0 Å². The zero-order valence-corrected chi connectivity index (χ0v) is 5.51. The Morgan fingerprint density at radius 3 is 2.33 bits per heavy atom. The Balaban J connectivity index is 3.71. The number of methoxy groups -OCH3 is 1. The van der Waals surface area contributed by atoms with Crippen molar-refractivity contribution in [1.82, 2.24) is 0 Å². The first-order valence-electron chi connectivity index (χ1n) is 2.12. The lowest BCUT2D eigenvalue weighted by Gasteiger charge is -1.85. The van der Waals surface area contributed by atoms with Crippen LogP contribution in [0, 0.1) is 0 Å². The van der Waals surface area contributed by atoms with Crippen molar-refractivity contribution in [1.29, 1.82) is 0 Å². The summed E-state index contributed by atoms with van der Waals surface area (Å²) >= 11 is 4.85. The molecule has 0 amide bonds. The first kappa shape index (κ1) is 8.17. The molecule has 0 aliphatic heterocycles. The number of esters is 1. The van der Waals surface area contributed by atoms with E-state index in [1.165, 1.54) is 7.11 Å². The molecule has 0 aromatic heterocycles. The average Bonchev–Trinajstić information content (AvgIpc) is 1.83. The summed E-state index contributed by atoms with van der Waals surface area (Å²) in [6, 6.07) is 0. The molecule has 0 aromatic carbocycles. The van der Waals surface area contributed by atoms with Gasteiger partial charge in [0, 0.05) is 12.2 Å². The molecule has 0 aliphatic carbocycles. The van der Waals surface area contributed by atoms with Crippen LogP contribution in [0.4, 0.5) is 0 Å². The zero-order valence-electron chi connectivity index (χ0n) is 4.76. The zero-order chi connectivity index (χ0) is 7.28. The normalized spacial score (nSPS) is 9.56. The number of allylic oxidation sites excluding steroid dienone is 1. The van der Waals surface area contributed by atoms with Crippen molar-refractivity contribution >= 4 is 22.8 Å². The molecule has 0 spiro atoms. The van der Waals surface area contributed by atoms with Crippen LogP contribution >= 0.6 is 11.6 Å². The molecular formula is C5H5ClO3. The fraction of sp³-hybridized carbons (Fsp3) is 0.200. The molecule has 0 saturated carbocycles. The third-order valence-electron chi connectivity index (χ3n) is 0.552. The van der Waals surface area contributed by atoms with Gasteiger partial charge < -0.3 is 4.74 Å². The highest BCUT2D eigenvalue weighted by Crippen LogP contribution is 1.83. The largest absolute Gasteiger partial charge is 0.466 e. The van der Waals surface area contributed by atoms with Crippen LogP contribution in [0.5, 0.6) is 0 Å². The molecule has 0 unspecified atom stereocenters. The molecule has 0 aliphatic rings. The van der Waals surface area contributed by atoms with Crippen molar-refractivity contribution in [3.8, 4) is 0 Å². The number of hydrogen-bond donors (Lipinski definition) is 0. The second-order valence-corrected chi connectivity index (χ2v) is 1.53. The van der Waals surface area contributed by atoms with Crippen molar-refractivity contribution in [3.05, 3.63) is 12.2 Å². The molecule has 0 N–H and O–H groups in total. The fourth-order valence-electron chi connectivity index (χ4n) is 0.202. The van der Waals surface area contributed by atoms with Gasteiger partial charge in [-0.15, -0.1) is 0 Å². The average molecular weight is 149 g/mol. The maximum Gasteiger partial charge on any atom is 0.330 e. The van der Waals surface area contributed by atoms with Gasteiger partial charge in [0.15, 0.2) is 0 Å². The summed E-state index contributed by atoms with van der Waals surface area (Å²) in [6.45, 7) is 0. The number of carbonyl (C=O) groups excluding carboxylic acids is 2. The van der Waals surface area contributed by atoms with Crippen LogP contribution in [0.2, 0.25) is 0 Å². The van der Waals surface area contributed by atoms with E-state index in [9.17, 15) is 9.59 Å². The molecule has 9 heavy (non-hydrogen) atoms. The van der Waals surface area contributed by atoms with Crippen LogP contribution in [0.15, 0.2) is 12.2 Å². The van der Waals surface area contributed by atoms with E-state index in [-0.39, 0.29) is 0 Å². The number of rotatable bonds is 2. The molecule has 0 fully saturated rings. The predicted octanol–water partition coefficient (Wildman–Crippen LogP) is 0.481. The van der Waals surface area contributed by atoms with E-state index in [0.29, 0.717) is 0 Å². The number of hydrogen-bond acceptors (Lipinski definition) is 3. The third kappa shape index (κ3) is 5.03. The number of halogens is 1. The van der Waals surface area contributed by atoms with Gasteiger partial charge in [-0.1, -0.05) is 0 Å². The minimum atomic E-state index is -0.694. The Morgan fingerprint density at radius 1 is 1.44 bits per heavy atom. The Labute approximate surface area is 57.2 Å². The van der Waals surface area contributed by atoms with Crippen LogP contribution in [-0.2, 0) is 14.3 Å². The third-order valence-corrected chi connectivity index (χ3v) is 0.678. The van der Waals surface area contributed by atoms with Gasteiger partial charge >= 0.3 is 5.97 Å². The summed E-state index contributed by atoms with van der Waals surface area (Å²) in [7, 11) is 1.21. The Kier molecular flexibility index (Phi) is 3.71. The van der Waals surface area contributed by atoms with Crippen molar-refractivity contribution in [2.45, 2.75) is 0 Å². The van der Waals surface area contributed by atoms with Gasteiger partial charge in [0.05, 0.1) is 7.11 Å². The molecule has 50 valence electrons. The predicted molar refractivity (Wildman–Crippen MR) is 32.0 cm³/mol. The highest BCUT2D eigenvalue weighted by atomic mass is 35.5. The van der Waals surface area contributed by atoms with E-state index in [0.717, 1.165) is 12.2 Å². The minimum absolute atomic E-state index is 0.594. The molecule has 0 rings (SSSR count). The first-order valence-corrected chi connectivity index (χ1v) is 2.50. The van der Waals surface area contributed by atoms with E-state index >= 15 is 0 Å².